The van der Waals surface area contributed by atoms with Crippen molar-refractivity contribution in [2.24, 2.45) is 0 Å². The minimum Gasteiger partial charge on any atom is -0.309 e. The van der Waals surface area contributed by atoms with Gasteiger partial charge in [-0.3, -0.25) is 0 Å². The minimum absolute atomic E-state index is 0.274. The zero-order chi connectivity index (χ0) is 29.4. The van der Waals surface area contributed by atoms with Gasteiger partial charge in [0.15, 0.2) is 5.82 Å². The van der Waals surface area contributed by atoms with Crippen LogP contribution in [0.3, 0.4) is 0 Å². The summed E-state index contributed by atoms with van der Waals surface area (Å²) in [5.41, 5.74) is 11.1. The maximum Gasteiger partial charge on any atom is 0.160 e. The Hall–Kier alpha value is -5.54. The highest BCUT2D eigenvalue weighted by atomic mass is 15.0. The van der Waals surface area contributed by atoms with Crippen molar-refractivity contribution < 1.29 is 0 Å². The van der Waals surface area contributed by atoms with E-state index >= 15 is 0 Å². The Balaban J connectivity index is 1.36. The molecule has 0 N–H and O–H groups in total. The van der Waals surface area contributed by atoms with Crippen molar-refractivity contribution in [2.75, 3.05) is 0 Å². The van der Waals surface area contributed by atoms with Gasteiger partial charge in [0.1, 0.15) is 0 Å². The zero-order valence-electron chi connectivity index (χ0n) is 24.6. The number of rotatable bonds is 3. The molecule has 2 aromatic heterocycles. The zero-order valence-corrected chi connectivity index (χ0v) is 24.6. The van der Waals surface area contributed by atoms with Crippen molar-refractivity contribution in [3.8, 4) is 39.5 Å². The first kappa shape index (κ1) is 25.0. The first-order chi connectivity index (χ1) is 21.6. The van der Waals surface area contributed by atoms with Gasteiger partial charge in [-0.1, -0.05) is 111 Å². The molecular formula is C41H29N3. The number of benzene rings is 6. The van der Waals surface area contributed by atoms with E-state index in [-0.39, 0.29) is 5.41 Å². The van der Waals surface area contributed by atoms with Crippen molar-refractivity contribution >= 4 is 32.6 Å². The number of nitrogens with zero attached hydrogens (tertiary/aromatic N) is 3. The molecule has 1 aliphatic carbocycles. The third-order valence-electron chi connectivity index (χ3n) is 9.32. The smallest absolute Gasteiger partial charge is 0.160 e. The fourth-order valence-electron chi connectivity index (χ4n) is 7.16. The molecule has 9 rings (SSSR count). The second kappa shape index (κ2) is 9.23. The van der Waals surface area contributed by atoms with Gasteiger partial charge < -0.3 is 4.57 Å². The van der Waals surface area contributed by atoms with Gasteiger partial charge in [-0.25, -0.2) is 9.97 Å². The van der Waals surface area contributed by atoms with Gasteiger partial charge >= 0.3 is 0 Å². The fourth-order valence-corrected chi connectivity index (χ4v) is 7.16. The molecule has 3 nitrogen and oxygen atoms in total. The van der Waals surface area contributed by atoms with Gasteiger partial charge in [0, 0.05) is 38.6 Å². The molecule has 0 atom stereocenters. The van der Waals surface area contributed by atoms with Crippen molar-refractivity contribution in [1.82, 2.24) is 14.5 Å². The highest BCUT2D eigenvalue weighted by Crippen LogP contribution is 2.52. The maximum atomic E-state index is 5.36. The van der Waals surface area contributed by atoms with Gasteiger partial charge in [-0.2, -0.15) is 0 Å². The molecule has 44 heavy (non-hydrogen) atoms. The Labute approximate surface area is 256 Å². The van der Waals surface area contributed by atoms with Crippen molar-refractivity contribution in [3.63, 3.8) is 0 Å². The number of hydrogen-bond acceptors (Lipinski definition) is 2. The Morgan fingerprint density at radius 3 is 2.00 bits per heavy atom. The van der Waals surface area contributed by atoms with E-state index in [1.165, 1.54) is 43.7 Å². The van der Waals surface area contributed by atoms with Gasteiger partial charge in [0.2, 0.25) is 0 Å². The Morgan fingerprint density at radius 1 is 0.545 bits per heavy atom. The predicted octanol–water partition coefficient (Wildman–Crippen LogP) is 10.4. The molecule has 0 spiro atoms. The van der Waals surface area contributed by atoms with Crippen LogP contribution < -0.4 is 0 Å². The van der Waals surface area contributed by atoms with E-state index in [9.17, 15) is 0 Å². The predicted molar refractivity (Wildman–Crippen MR) is 182 cm³/mol. The van der Waals surface area contributed by atoms with Crippen LogP contribution in [0.1, 0.15) is 25.1 Å². The molecule has 0 bridgehead atoms. The molecule has 0 saturated heterocycles. The molecule has 8 aromatic rings. The van der Waals surface area contributed by atoms with Crippen LogP contribution in [0.25, 0.3) is 72.0 Å². The normalized spacial score (nSPS) is 13.4. The topological polar surface area (TPSA) is 30.7 Å². The molecule has 1 aliphatic rings. The van der Waals surface area contributed by atoms with E-state index < -0.39 is 0 Å². The lowest BCUT2D eigenvalue weighted by atomic mass is 9.84. The highest BCUT2D eigenvalue weighted by molar-refractivity contribution is 6.11. The summed E-state index contributed by atoms with van der Waals surface area (Å²) in [6.07, 6.45) is 0. The third-order valence-corrected chi connectivity index (χ3v) is 9.32. The lowest BCUT2D eigenvalue weighted by Crippen LogP contribution is -2.17. The highest BCUT2D eigenvalue weighted by Gasteiger charge is 2.40. The van der Waals surface area contributed by atoms with E-state index in [2.05, 4.69) is 152 Å². The van der Waals surface area contributed by atoms with E-state index in [1.54, 1.807) is 0 Å². The molecule has 2 heterocycles. The summed E-state index contributed by atoms with van der Waals surface area (Å²) in [7, 11) is 0. The molecule has 3 heteroatoms. The second-order valence-corrected chi connectivity index (χ2v) is 12.3. The van der Waals surface area contributed by atoms with E-state index in [0.29, 0.717) is 0 Å². The Kier molecular flexibility index (Phi) is 5.24. The van der Waals surface area contributed by atoms with Gasteiger partial charge in [0.25, 0.3) is 0 Å². The number of aromatic nitrogens is 3. The largest absolute Gasteiger partial charge is 0.309 e. The van der Waals surface area contributed by atoms with Gasteiger partial charge in [-0.05, 0) is 64.4 Å². The molecule has 0 amide bonds. The van der Waals surface area contributed by atoms with Crippen molar-refractivity contribution in [2.45, 2.75) is 19.3 Å². The monoisotopic (exact) mass is 563 g/mol. The van der Waals surface area contributed by atoms with E-state index in [4.69, 9.17) is 9.97 Å². The molecule has 0 fully saturated rings. The molecule has 0 aliphatic heterocycles. The van der Waals surface area contributed by atoms with Crippen LogP contribution in [-0.4, -0.2) is 14.5 Å². The molecule has 0 saturated carbocycles. The summed E-state index contributed by atoms with van der Waals surface area (Å²) in [6, 6.07) is 49.8. The minimum atomic E-state index is -0.274. The van der Waals surface area contributed by atoms with E-state index in [1.807, 2.05) is 6.07 Å². The molecular weight excluding hydrogens is 534 g/mol. The number of hydrogen-bond donors (Lipinski definition) is 0. The summed E-state index contributed by atoms with van der Waals surface area (Å²) in [5, 5.41) is 4.93. The summed E-state index contributed by atoms with van der Waals surface area (Å²) in [4.78, 5) is 10.7. The SMILES string of the molecule is CC1(C)c2cc3ccccc3cc2-c2c(-c3ccc4c(c3)c3ccccc3n4-c3ccccc3)nc(-c3ccccc3)nc21. The second-order valence-electron chi connectivity index (χ2n) is 12.3. The first-order valence-electron chi connectivity index (χ1n) is 15.2. The summed E-state index contributed by atoms with van der Waals surface area (Å²) in [6.45, 7) is 4.60. The molecule has 0 unspecified atom stereocenters. The first-order valence-corrected chi connectivity index (χ1v) is 15.2. The maximum absolute atomic E-state index is 5.36. The Bertz CT molecular complexity index is 2400. The number of para-hydroxylation sites is 2. The summed E-state index contributed by atoms with van der Waals surface area (Å²) >= 11 is 0. The average Bonchev–Trinajstić information content (AvgIpc) is 3.52. The average molecular weight is 564 g/mol. The summed E-state index contributed by atoms with van der Waals surface area (Å²) < 4.78 is 2.36. The fraction of sp³-hybridized carbons (Fsp3) is 0.0732. The molecule has 0 radical (unpaired) electrons. The summed E-state index contributed by atoms with van der Waals surface area (Å²) in [5.74, 6) is 0.761. The quantitative estimate of drug-likeness (QED) is 0.214. The van der Waals surface area contributed by atoms with Gasteiger partial charge in [0.05, 0.1) is 22.4 Å². The van der Waals surface area contributed by atoms with Crippen LogP contribution in [0, 0.1) is 0 Å². The van der Waals surface area contributed by atoms with Crippen LogP contribution in [0.2, 0.25) is 0 Å². The van der Waals surface area contributed by atoms with E-state index in [0.717, 1.165) is 39.6 Å². The standard InChI is InChI=1S/C41H29N3/c1-41(2)34-25-28-16-10-9-15-27(28)23-33(34)37-38(42-40(43-39(37)41)26-13-5-3-6-14-26)29-21-22-36-32(24-29)31-19-11-12-20-35(31)44(36)30-17-7-4-8-18-30/h3-25H,1-2H3. The molecule has 6 aromatic carbocycles. The van der Waals surface area contributed by atoms with Crippen molar-refractivity contribution in [3.05, 3.63) is 151 Å². The Morgan fingerprint density at radius 2 is 1.20 bits per heavy atom. The van der Waals surface area contributed by atoms with Crippen LogP contribution in [0.4, 0.5) is 0 Å². The number of fused-ring (bicyclic) bond motifs is 7. The van der Waals surface area contributed by atoms with Crippen molar-refractivity contribution in [1.29, 1.82) is 0 Å². The van der Waals surface area contributed by atoms with Crippen LogP contribution in [0.5, 0.6) is 0 Å². The van der Waals surface area contributed by atoms with Gasteiger partial charge in [-0.15, -0.1) is 0 Å². The van der Waals surface area contributed by atoms with Crippen LogP contribution in [-0.2, 0) is 5.41 Å². The van der Waals surface area contributed by atoms with Crippen LogP contribution in [0.15, 0.2) is 140 Å². The lowest BCUT2D eigenvalue weighted by Gasteiger charge is -2.21. The third kappa shape index (κ3) is 3.56. The van der Waals surface area contributed by atoms with Crippen LogP contribution >= 0.6 is 0 Å². The molecule has 208 valence electrons. The lowest BCUT2D eigenvalue weighted by molar-refractivity contribution is 0.637.